The first-order valence-electron chi connectivity index (χ1n) is 9.19. The van der Waals surface area contributed by atoms with Gasteiger partial charge in [-0.15, -0.1) is 5.10 Å². The predicted octanol–water partition coefficient (Wildman–Crippen LogP) is 3.63. The molecule has 4 rings (SSSR count). The third kappa shape index (κ3) is 3.86. The van der Waals surface area contributed by atoms with Crippen molar-refractivity contribution >= 4 is 5.82 Å². The number of anilines is 1. The summed E-state index contributed by atoms with van der Waals surface area (Å²) in [5.74, 6) is 3.11. The van der Waals surface area contributed by atoms with Gasteiger partial charge in [0.25, 0.3) is 0 Å². The summed E-state index contributed by atoms with van der Waals surface area (Å²) in [6, 6.07) is 10.8. The van der Waals surface area contributed by atoms with Gasteiger partial charge in [-0.05, 0) is 49.4 Å². The highest BCUT2D eigenvalue weighted by atomic mass is 16.5. The van der Waals surface area contributed by atoms with Crippen LogP contribution in [0.4, 0.5) is 5.82 Å². The molecule has 1 aromatic heterocycles. The molecule has 1 fully saturated rings. The van der Waals surface area contributed by atoms with Gasteiger partial charge in [0.1, 0.15) is 17.3 Å². The molecule has 2 aromatic rings. The molecule has 0 spiro atoms. The van der Waals surface area contributed by atoms with Gasteiger partial charge in [0.2, 0.25) is 0 Å². The molecule has 1 atom stereocenters. The quantitative estimate of drug-likeness (QED) is 0.901. The zero-order chi connectivity index (χ0) is 17.1. The largest absolute Gasteiger partial charge is 0.497 e. The summed E-state index contributed by atoms with van der Waals surface area (Å²) < 4.78 is 11.2. The van der Waals surface area contributed by atoms with Crippen molar-refractivity contribution in [1.29, 1.82) is 0 Å². The molecule has 0 saturated heterocycles. The maximum Gasteiger partial charge on any atom is 0.148 e. The number of nitrogens with one attached hydrogen (secondary N) is 1. The highest BCUT2D eigenvalue weighted by Gasteiger charge is 2.21. The van der Waals surface area contributed by atoms with Gasteiger partial charge in [-0.1, -0.05) is 18.9 Å². The number of aromatic nitrogens is 2. The Morgan fingerprint density at radius 3 is 2.80 bits per heavy atom. The van der Waals surface area contributed by atoms with E-state index in [0.29, 0.717) is 18.6 Å². The van der Waals surface area contributed by atoms with Crippen molar-refractivity contribution in [2.45, 2.75) is 44.6 Å². The van der Waals surface area contributed by atoms with Crippen molar-refractivity contribution in [3.8, 4) is 11.5 Å². The molecule has 0 amide bonds. The second kappa shape index (κ2) is 7.30. The lowest BCUT2D eigenvalue weighted by Gasteiger charge is -2.25. The average Bonchev–Trinajstić information content (AvgIpc) is 3.16. The first kappa shape index (κ1) is 16.2. The van der Waals surface area contributed by atoms with Crippen LogP contribution in [0.1, 0.15) is 36.9 Å². The number of hydrogen-bond donors (Lipinski definition) is 1. The van der Waals surface area contributed by atoms with E-state index in [2.05, 4.69) is 33.7 Å². The fourth-order valence-electron chi connectivity index (χ4n) is 3.79. The first-order chi connectivity index (χ1) is 12.3. The standard InChI is InChI=1S/C20H25N3O2/c1-24-18-8-6-15-10-14(13-25-19(15)12-18)11-17-7-9-20(23-22-17)21-16-4-2-3-5-16/h6-9,12,14,16H,2-5,10-11,13H2,1H3,(H,21,23). The summed E-state index contributed by atoms with van der Waals surface area (Å²) in [5, 5.41) is 12.3. The van der Waals surface area contributed by atoms with Crippen LogP contribution in [0.2, 0.25) is 0 Å². The van der Waals surface area contributed by atoms with Gasteiger partial charge < -0.3 is 14.8 Å². The van der Waals surface area contributed by atoms with Gasteiger partial charge in [-0.2, -0.15) is 5.10 Å². The van der Waals surface area contributed by atoms with Crippen LogP contribution in [0.5, 0.6) is 11.5 Å². The van der Waals surface area contributed by atoms with Crippen LogP contribution < -0.4 is 14.8 Å². The van der Waals surface area contributed by atoms with E-state index < -0.39 is 0 Å². The van der Waals surface area contributed by atoms with Gasteiger partial charge in [0.15, 0.2) is 0 Å². The van der Waals surface area contributed by atoms with Crippen molar-refractivity contribution in [1.82, 2.24) is 10.2 Å². The smallest absolute Gasteiger partial charge is 0.148 e. The molecule has 1 aliphatic carbocycles. The van der Waals surface area contributed by atoms with Gasteiger partial charge in [0.05, 0.1) is 19.4 Å². The lowest BCUT2D eigenvalue weighted by atomic mass is 9.92. The Balaban J connectivity index is 1.35. The topological polar surface area (TPSA) is 56.3 Å². The van der Waals surface area contributed by atoms with Crippen molar-refractivity contribution in [3.63, 3.8) is 0 Å². The fourth-order valence-corrected chi connectivity index (χ4v) is 3.79. The van der Waals surface area contributed by atoms with Crippen molar-refractivity contribution in [2.24, 2.45) is 5.92 Å². The van der Waals surface area contributed by atoms with E-state index in [0.717, 1.165) is 35.9 Å². The fraction of sp³-hybridized carbons (Fsp3) is 0.500. The molecule has 2 heterocycles. The predicted molar refractivity (Wildman–Crippen MR) is 97.3 cm³/mol. The molecule has 0 bridgehead atoms. The summed E-state index contributed by atoms with van der Waals surface area (Å²) >= 11 is 0. The summed E-state index contributed by atoms with van der Waals surface area (Å²) in [6.07, 6.45) is 7.02. The van der Waals surface area contributed by atoms with Gasteiger partial charge in [0, 0.05) is 18.0 Å². The number of fused-ring (bicyclic) bond motifs is 1. The van der Waals surface area contributed by atoms with Crippen LogP contribution in [0.15, 0.2) is 30.3 Å². The zero-order valence-electron chi connectivity index (χ0n) is 14.7. The zero-order valence-corrected chi connectivity index (χ0v) is 14.7. The van der Waals surface area contributed by atoms with E-state index in [-0.39, 0.29) is 0 Å². The third-order valence-electron chi connectivity index (χ3n) is 5.18. The normalized spacial score (nSPS) is 20.0. The van der Waals surface area contributed by atoms with E-state index in [1.165, 1.54) is 31.2 Å². The molecule has 1 aromatic carbocycles. The molecule has 1 unspecified atom stereocenters. The van der Waals surface area contributed by atoms with E-state index in [4.69, 9.17) is 9.47 Å². The van der Waals surface area contributed by atoms with Crippen molar-refractivity contribution in [2.75, 3.05) is 19.0 Å². The number of rotatable bonds is 5. The Morgan fingerprint density at radius 1 is 1.16 bits per heavy atom. The minimum atomic E-state index is 0.434. The number of hydrogen-bond acceptors (Lipinski definition) is 5. The Morgan fingerprint density at radius 2 is 2.04 bits per heavy atom. The second-order valence-corrected chi connectivity index (χ2v) is 7.09. The van der Waals surface area contributed by atoms with Gasteiger partial charge in [-0.25, -0.2) is 0 Å². The Labute approximate surface area is 148 Å². The minimum Gasteiger partial charge on any atom is -0.497 e. The number of nitrogens with zero attached hydrogens (tertiary/aromatic N) is 2. The minimum absolute atomic E-state index is 0.434. The molecule has 25 heavy (non-hydrogen) atoms. The van der Waals surface area contributed by atoms with Crippen LogP contribution in [0.3, 0.4) is 0 Å². The van der Waals surface area contributed by atoms with E-state index in [1.807, 2.05) is 12.1 Å². The van der Waals surface area contributed by atoms with Crippen molar-refractivity contribution < 1.29 is 9.47 Å². The van der Waals surface area contributed by atoms with E-state index >= 15 is 0 Å². The van der Waals surface area contributed by atoms with Crippen LogP contribution in [0.25, 0.3) is 0 Å². The average molecular weight is 339 g/mol. The highest BCUT2D eigenvalue weighted by molar-refractivity contribution is 5.42. The lowest BCUT2D eigenvalue weighted by molar-refractivity contribution is 0.219. The maximum absolute atomic E-state index is 5.92. The molecule has 1 N–H and O–H groups in total. The van der Waals surface area contributed by atoms with Crippen LogP contribution in [0, 0.1) is 5.92 Å². The van der Waals surface area contributed by atoms with Gasteiger partial charge >= 0.3 is 0 Å². The summed E-state index contributed by atoms with van der Waals surface area (Å²) in [4.78, 5) is 0. The highest BCUT2D eigenvalue weighted by Crippen LogP contribution is 2.32. The lowest BCUT2D eigenvalue weighted by Crippen LogP contribution is -2.23. The van der Waals surface area contributed by atoms with E-state index in [1.54, 1.807) is 7.11 Å². The van der Waals surface area contributed by atoms with Crippen LogP contribution in [-0.4, -0.2) is 30.0 Å². The molecule has 1 saturated carbocycles. The SMILES string of the molecule is COc1ccc2c(c1)OCC(Cc1ccc(NC3CCCC3)nn1)C2. The van der Waals surface area contributed by atoms with E-state index in [9.17, 15) is 0 Å². The summed E-state index contributed by atoms with van der Waals surface area (Å²) in [6.45, 7) is 0.712. The van der Waals surface area contributed by atoms with Crippen LogP contribution >= 0.6 is 0 Å². The molecule has 2 aliphatic rings. The molecule has 132 valence electrons. The molecule has 5 heteroatoms. The van der Waals surface area contributed by atoms with Crippen molar-refractivity contribution in [3.05, 3.63) is 41.6 Å². The summed E-state index contributed by atoms with van der Waals surface area (Å²) in [7, 11) is 1.68. The van der Waals surface area contributed by atoms with Gasteiger partial charge in [-0.3, -0.25) is 0 Å². The third-order valence-corrected chi connectivity index (χ3v) is 5.18. The maximum atomic E-state index is 5.92. The molecule has 0 radical (unpaired) electrons. The molecular formula is C20H25N3O2. The Bertz CT molecular complexity index is 711. The monoisotopic (exact) mass is 339 g/mol. The number of benzene rings is 1. The number of ether oxygens (including phenoxy) is 2. The van der Waals surface area contributed by atoms with Crippen LogP contribution in [-0.2, 0) is 12.8 Å². The first-order valence-corrected chi connectivity index (χ1v) is 9.19. The second-order valence-electron chi connectivity index (χ2n) is 7.09. The Kier molecular flexibility index (Phi) is 4.72. The summed E-state index contributed by atoms with van der Waals surface area (Å²) in [5.41, 5.74) is 2.27. The molecular weight excluding hydrogens is 314 g/mol. The molecule has 1 aliphatic heterocycles. The molecule has 5 nitrogen and oxygen atoms in total. The Hall–Kier alpha value is -2.30. The number of methoxy groups -OCH3 is 1.